The molecule has 0 radical (unpaired) electrons. The Bertz CT molecular complexity index is 1440. The van der Waals surface area contributed by atoms with Crippen LogP contribution in [0.15, 0.2) is 48.7 Å². The summed E-state index contributed by atoms with van der Waals surface area (Å²) >= 11 is 6.09. The molecule has 13 heteroatoms. The fraction of sp³-hybridized carbons (Fsp3) is 0.240. The molecule has 4 N–H and O–H groups in total. The van der Waals surface area contributed by atoms with Crippen molar-refractivity contribution in [1.82, 2.24) is 25.0 Å². The van der Waals surface area contributed by atoms with Gasteiger partial charge < -0.3 is 25.6 Å². The first-order valence-corrected chi connectivity index (χ1v) is 11.9. The van der Waals surface area contributed by atoms with E-state index in [1.54, 1.807) is 17.9 Å². The van der Waals surface area contributed by atoms with Crippen molar-refractivity contribution in [2.45, 2.75) is 13.0 Å². The molecule has 0 unspecified atom stereocenters. The molecule has 12 nitrogen and oxygen atoms in total. The van der Waals surface area contributed by atoms with E-state index >= 15 is 0 Å². The van der Waals surface area contributed by atoms with Crippen molar-refractivity contribution in [2.75, 3.05) is 36.7 Å². The second-order valence-electron chi connectivity index (χ2n) is 8.33. The first-order valence-electron chi connectivity index (χ1n) is 11.5. The molecule has 0 aliphatic heterocycles. The molecule has 0 bridgehead atoms. The highest BCUT2D eigenvalue weighted by molar-refractivity contribution is 6.29. The van der Waals surface area contributed by atoms with Crippen molar-refractivity contribution in [3.63, 3.8) is 0 Å². The lowest BCUT2D eigenvalue weighted by Crippen LogP contribution is -2.26. The van der Waals surface area contributed by atoms with Crippen LogP contribution in [0.25, 0.3) is 11.3 Å². The number of nitrogens with two attached hydrogens (primary N) is 1. The van der Waals surface area contributed by atoms with Gasteiger partial charge in [-0.1, -0.05) is 17.7 Å². The third-order valence-electron chi connectivity index (χ3n) is 5.57. The maximum atomic E-state index is 11.6. The van der Waals surface area contributed by atoms with E-state index in [9.17, 15) is 9.90 Å². The Kier molecular flexibility index (Phi) is 8.24. The number of rotatable bonds is 10. The van der Waals surface area contributed by atoms with Crippen LogP contribution in [0, 0.1) is 0 Å². The smallest absolute Gasteiger partial charge is 0.412 e. The third kappa shape index (κ3) is 6.28. The van der Waals surface area contributed by atoms with Crippen LogP contribution in [0.5, 0.6) is 5.75 Å². The number of aromatic nitrogens is 5. The summed E-state index contributed by atoms with van der Waals surface area (Å²) < 4.78 is 13.3. The van der Waals surface area contributed by atoms with E-state index in [-0.39, 0.29) is 11.0 Å². The van der Waals surface area contributed by atoms with Gasteiger partial charge in [0.1, 0.15) is 5.82 Å². The number of hydrogen-bond donors (Lipinski definition) is 3. The number of halogens is 1. The van der Waals surface area contributed by atoms with E-state index in [4.69, 9.17) is 26.8 Å². The van der Waals surface area contributed by atoms with Crippen LogP contribution in [0.1, 0.15) is 11.3 Å². The SMILES string of the molecule is COc1c(Nc2cc(Cl)nnc2N(C)C(=O)O)cc(CCOCc2cccc(N)n2)cc1-c1ccn(C)n1. The number of carboxylic acid groups (broad SMARTS) is 1. The molecule has 198 valence electrons. The van der Waals surface area contributed by atoms with Gasteiger partial charge in [-0.3, -0.25) is 9.58 Å². The molecule has 0 aliphatic carbocycles. The molecular formula is C25H27ClN8O4. The van der Waals surface area contributed by atoms with Crippen molar-refractivity contribution >= 4 is 40.7 Å². The number of benzene rings is 1. The summed E-state index contributed by atoms with van der Waals surface area (Å²) in [5.74, 6) is 1.02. The number of carbonyl (C=O) groups is 1. The first-order chi connectivity index (χ1) is 18.2. The van der Waals surface area contributed by atoms with Gasteiger partial charge in [0.15, 0.2) is 16.7 Å². The average molecular weight is 539 g/mol. The molecule has 1 amide bonds. The minimum atomic E-state index is -1.20. The highest BCUT2D eigenvalue weighted by Crippen LogP contribution is 2.40. The van der Waals surface area contributed by atoms with Gasteiger partial charge in [0.2, 0.25) is 0 Å². The van der Waals surface area contributed by atoms with Gasteiger partial charge in [-0.05, 0) is 42.3 Å². The summed E-state index contributed by atoms with van der Waals surface area (Å²) in [5.41, 5.74) is 9.76. The number of ether oxygens (including phenoxy) is 2. The summed E-state index contributed by atoms with van der Waals surface area (Å²) in [7, 11) is 4.75. The number of pyridine rings is 1. The summed E-state index contributed by atoms with van der Waals surface area (Å²) in [6.07, 6.45) is 1.20. The number of methoxy groups -OCH3 is 1. The standard InChI is InChI=1S/C25H27ClN8O4/c1-33-9-7-18(32-33)17-11-15(8-10-38-14-16-5-4-6-22(27)28-16)12-19(23(17)37-3)29-20-13-21(26)30-31-24(20)34(2)25(35)36/h4-7,9,11-13H,8,10,14H2,1-3H3,(H2,27,28)(H,29,30)(H,35,36). The predicted octanol–water partition coefficient (Wildman–Crippen LogP) is 4.13. The highest BCUT2D eigenvalue weighted by atomic mass is 35.5. The molecule has 0 fully saturated rings. The zero-order valence-electron chi connectivity index (χ0n) is 21.1. The molecule has 3 aromatic heterocycles. The van der Waals surface area contributed by atoms with E-state index in [1.807, 2.05) is 43.6 Å². The summed E-state index contributed by atoms with van der Waals surface area (Å²) in [6.45, 7) is 0.741. The van der Waals surface area contributed by atoms with Crippen LogP contribution in [0.4, 0.5) is 27.8 Å². The van der Waals surface area contributed by atoms with E-state index in [0.717, 1.165) is 21.7 Å². The van der Waals surface area contributed by atoms with Crippen LogP contribution in [0.3, 0.4) is 0 Å². The number of aryl methyl sites for hydroxylation is 1. The van der Waals surface area contributed by atoms with Gasteiger partial charge in [0.05, 0.1) is 43.1 Å². The van der Waals surface area contributed by atoms with Gasteiger partial charge in [-0.25, -0.2) is 9.78 Å². The molecule has 0 spiro atoms. The van der Waals surface area contributed by atoms with Crippen molar-refractivity contribution in [2.24, 2.45) is 7.05 Å². The lowest BCUT2D eigenvalue weighted by Gasteiger charge is -2.20. The number of anilines is 4. The molecule has 38 heavy (non-hydrogen) atoms. The van der Waals surface area contributed by atoms with Gasteiger partial charge >= 0.3 is 6.09 Å². The summed E-state index contributed by atoms with van der Waals surface area (Å²) in [6, 6.07) is 12.7. The second-order valence-corrected chi connectivity index (χ2v) is 8.71. The fourth-order valence-electron chi connectivity index (χ4n) is 3.78. The number of nitrogen functional groups attached to an aromatic ring is 1. The monoisotopic (exact) mass is 538 g/mol. The third-order valence-corrected chi connectivity index (χ3v) is 5.76. The van der Waals surface area contributed by atoms with Gasteiger partial charge in [-0.15, -0.1) is 10.2 Å². The topological polar surface area (TPSA) is 154 Å². The van der Waals surface area contributed by atoms with Crippen molar-refractivity contribution in [3.05, 3.63) is 65.1 Å². The maximum absolute atomic E-state index is 11.6. The molecule has 0 saturated heterocycles. The van der Waals surface area contributed by atoms with E-state index in [1.165, 1.54) is 13.1 Å². The first kappa shape index (κ1) is 26.6. The Hall–Kier alpha value is -4.42. The predicted molar refractivity (Wildman–Crippen MR) is 144 cm³/mol. The van der Waals surface area contributed by atoms with Crippen LogP contribution in [-0.2, 0) is 24.8 Å². The summed E-state index contributed by atoms with van der Waals surface area (Å²) in [5, 5.41) is 25.1. The highest BCUT2D eigenvalue weighted by Gasteiger charge is 2.20. The zero-order chi connectivity index (χ0) is 27.2. The normalized spacial score (nSPS) is 10.8. The zero-order valence-corrected chi connectivity index (χ0v) is 21.8. The second kappa shape index (κ2) is 11.8. The van der Waals surface area contributed by atoms with Crippen molar-refractivity contribution < 1.29 is 19.4 Å². The molecule has 0 saturated carbocycles. The Labute approximate surface area is 224 Å². The number of nitrogens with one attached hydrogen (secondary N) is 1. The fourth-order valence-corrected chi connectivity index (χ4v) is 3.92. The molecule has 4 rings (SSSR count). The quantitative estimate of drug-likeness (QED) is 0.251. The van der Waals surface area contributed by atoms with E-state index in [2.05, 4.69) is 25.6 Å². The lowest BCUT2D eigenvalue weighted by atomic mass is 10.0. The van der Waals surface area contributed by atoms with Crippen molar-refractivity contribution in [3.8, 4) is 17.0 Å². The van der Waals surface area contributed by atoms with Crippen molar-refractivity contribution in [1.29, 1.82) is 0 Å². The number of amides is 1. The Balaban J connectivity index is 1.67. The average Bonchev–Trinajstić information content (AvgIpc) is 3.32. The van der Waals surface area contributed by atoms with Gasteiger partial charge in [-0.2, -0.15) is 5.10 Å². The largest absolute Gasteiger partial charge is 0.494 e. The van der Waals surface area contributed by atoms with Crippen LogP contribution in [0.2, 0.25) is 5.15 Å². The number of nitrogens with zero attached hydrogens (tertiary/aromatic N) is 6. The maximum Gasteiger partial charge on any atom is 0.412 e. The molecule has 1 aromatic carbocycles. The van der Waals surface area contributed by atoms with Gasteiger partial charge in [0.25, 0.3) is 0 Å². The summed E-state index contributed by atoms with van der Waals surface area (Å²) in [4.78, 5) is 16.8. The van der Waals surface area contributed by atoms with E-state index < -0.39 is 6.09 Å². The van der Waals surface area contributed by atoms with Crippen LogP contribution in [-0.4, -0.2) is 56.9 Å². The van der Waals surface area contributed by atoms with Crippen LogP contribution < -0.4 is 20.7 Å². The Morgan fingerprint density at radius 3 is 2.71 bits per heavy atom. The van der Waals surface area contributed by atoms with Crippen LogP contribution >= 0.6 is 11.6 Å². The molecule has 3 heterocycles. The Morgan fingerprint density at radius 2 is 2.03 bits per heavy atom. The minimum absolute atomic E-state index is 0.0757. The lowest BCUT2D eigenvalue weighted by molar-refractivity contribution is 0.121. The Morgan fingerprint density at radius 1 is 1.21 bits per heavy atom. The molecule has 0 atom stereocenters. The van der Waals surface area contributed by atoms with Gasteiger partial charge in [0, 0.05) is 31.9 Å². The molecular weight excluding hydrogens is 512 g/mol. The number of hydrogen-bond acceptors (Lipinski definition) is 9. The molecule has 4 aromatic rings. The minimum Gasteiger partial charge on any atom is -0.494 e. The van der Waals surface area contributed by atoms with E-state index in [0.29, 0.717) is 48.3 Å². The molecule has 0 aliphatic rings.